The van der Waals surface area contributed by atoms with Gasteiger partial charge in [-0.2, -0.15) is 0 Å². The number of methoxy groups -OCH3 is 1. The molecule has 7 nitrogen and oxygen atoms in total. The molecule has 7 heteroatoms. The fourth-order valence-corrected chi connectivity index (χ4v) is 2.42. The summed E-state index contributed by atoms with van der Waals surface area (Å²) in [6.45, 7) is 5.68. The van der Waals surface area contributed by atoms with Crippen LogP contribution in [0.1, 0.15) is 18.1 Å². The number of ether oxygens (including phenoxy) is 1. The topological polar surface area (TPSA) is 93.5 Å². The van der Waals surface area contributed by atoms with Gasteiger partial charge in [-0.1, -0.05) is 17.7 Å². The van der Waals surface area contributed by atoms with Crippen molar-refractivity contribution in [3.05, 3.63) is 57.6 Å². The third kappa shape index (κ3) is 4.47. The van der Waals surface area contributed by atoms with Crippen LogP contribution < -0.4 is 15.4 Å². The number of nitro benzene ring substituents is 1. The Kier molecular flexibility index (Phi) is 5.59. The molecule has 1 unspecified atom stereocenters. The van der Waals surface area contributed by atoms with Crippen molar-refractivity contribution in [2.45, 2.75) is 26.8 Å². The lowest BCUT2D eigenvalue weighted by Crippen LogP contribution is -2.32. The van der Waals surface area contributed by atoms with E-state index in [1.165, 1.54) is 25.3 Å². The highest BCUT2D eigenvalue weighted by molar-refractivity contribution is 5.97. The number of benzene rings is 2. The summed E-state index contributed by atoms with van der Waals surface area (Å²) in [6, 6.07) is 9.43. The van der Waals surface area contributed by atoms with E-state index in [2.05, 4.69) is 10.6 Å². The minimum absolute atomic E-state index is 0.119. The second-order valence-electron chi connectivity index (χ2n) is 5.82. The van der Waals surface area contributed by atoms with Crippen LogP contribution in [0.25, 0.3) is 0 Å². The summed E-state index contributed by atoms with van der Waals surface area (Å²) in [5.74, 6) is 0.0384. The average Bonchev–Trinajstić information content (AvgIpc) is 2.57. The van der Waals surface area contributed by atoms with Crippen molar-refractivity contribution in [3.63, 3.8) is 0 Å². The zero-order valence-electron chi connectivity index (χ0n) is 14.6. The Labute approximate surface area is 146 Å². The Balaban J connectivity index is 2.15. The average molecular weight is 343 g/mol. The number of nitro groups is 1. The zero-order chi connectivity index (χ0) is 18.6. The minimum Gasteiger partial charge on any atom is -0.495 e. The summed E-state index contributed by atoms with van der Waals surface area (Å²) in [4.78, 5) is 22.8. The lowest BCUT2D eigenvalue weighted by Gasteiger charge is -2.18. The fourth-order valence-electron chi connectivity index (χ4n) is 2.42. The van der Waals surface area contributed by atoms with Gasteiger partial charge in [0.05, 0.1) is 17.7 Å². The Bertz CT molecular complexity index is 805. The Morgan fingerprint density at radius 2 is 1.88 bits per heavy atom. The van der Waals surface area contributed by atoms with E-state index in [-0.39, 0.29) is 17.3 Å². The molecule has 0 radical (unpaired) electrons. The predicted molar refractivity (Wildman–Crippen MR) is 97.3 cm³/mol. The van der Waals surface area contributed by atoms with Gasteiger partial charge in [-0.15, -0.1) is 0 Å². The van der Waals surface area contributed by atoms with E-state index < -0.39 is 11.0 Å². The van der Waals surface area contributed by atoms with Crippen LogP contribution >= 0.6 is 0 Å². The number of nitrogens with zero attached hydrogens (tertiary/aromatic N) is 1. The molecule has 0 bridgehead atoms. The van der Waals surface area contributed by atoms with Gasteiger partial charge in [0.15, 0.2) is 0 Å². The van der Waals surface area contributed by atoms with Gasteiger partial charge in [-0.05, 0) is 38.5 Å². The number of hydrogen-bond acceptors (Lipinski definition) is 5. The van der Waals surface area contributed by atoms with Crippen LogP contribution in [-0.4, -0.2) is 24.0 Å². The van der Waals surface area contributed by atoms with E-state index in [1.54, 1.807) is 6.92 Å². The van der Waals surface area contributed by atoms with E-state index in [4.69, 9.17) is 4.74 Å². The van der Waals surface area contributed by atoms with Gasteiger partial charge >= 0.3 is 0 Å². The first-order valence-corrected chi connectivity index (χ1v) is 7.79. The molecule has 0 aliphatic carbocycles. The molecule has 2 rings (SSSR count). The van der Waals surface area contributed by atoms with Gasteiger partial charge in [0.1, 0.15) is 11.8 Å². The van der Waals surface area contributed by atoms with Gasteiger partial charge in [-0.25, -0.2) is 0 Å². The number of carbonyl (C=O) groups is 1. The van der Waals surface area contributed by atoms with Crippen molar-refractivity contribution in [1.29, 1.82) is 0 Å². The molecule has 0 spiro atoms. The van der Waals surface area contributed by atoms with Crippen LogP contribution in [0, 0.1) is 24.0 Å². The molecule has 1 amide bonds. The van der Waals surface area contributed by atoms with Crippen molar-refractivity contribution < 1.29 is 14.5 Å². The number of nitrogens with one attached hydrogen (secondary N) is 2. The SMILES string of the molecule is COc1ccc([N+](=O)[O-])cc1NC(=O)C(C)Nc1ccc(C)cc1C. The highest BCUT2D eigenvalue weighted by Gasteiger charge is 2.18. The number of hydrogen-bond donors (Lipinski definition) is 2. The maximum absolute atomic E-state index is 12.4. The van der Waals surface area contributed by atoms with Crippen LogP contribution in [-0.2, 0) is 4.79 Å². The molecule has 0 saturated heterocycles. The van der Waals surface area contributed by atoms with Crippen LogP contribution in [0.2, 0.25) is 0 Å². The molecular formula is C18H21N3O4. The highest BCUT2D eigenvalue weighted by Crippen LogP contribution is 2.29. The van der Waals surface area contributed by atoms with E-state index in [0.29, 0.717) is 5.75 Å². The molecular weight excluding hydrogens is 322 g/mol. The third-order valence-corrected chi connectivity index (χ3v) is 3.80. The molecule has 0 fully saturated rings. The first kappa shape index (κ1) is 18.3. The van der Waals surface area contributed by atoms with E-state index in [9.17, 15) is 14.9 Å². The molecule has 2 N–H and O–H groups in total. The van der Waals surface area contributed by atoms with E-state index in [1.807, 2.05) is 32.0 Å². The van der Waals surface area contributed by atoms with Gasteiger partial charge in [0.25, 0.3) is 5.69 Å². The third-order valence-electron chi connectivity index (χ3n) is 3.80. The fraction of sp³-hybridized carbons (Fsp3) is 0.278. The molecule has 0 aliphatic rings. The quantitative estimate of drug-likeness (QED) is 0.617. The van der Waals surface area contributed by atoms with Gasteiger partial charge in [0.2, 0.25) is 5.91 Å². The monoisotopic (exact) mass is 343 g/mol. The lowest BCUT2D eigenvalue weighted by molar-refractivity contribution is -0.384. The summed E-state index contributed by atoms with van der Waals surface area (Å²) < 4.78 is 5.15. The second kappa shape index (κ2) is 7.65. The smallest absolute Gasteiger partial charge is 0.271 e. The van der Waals surface area contributed by atoms with Crippen LogP contribution in [0.15, 0.2) is 36.4 Å². The minimum atomic E-state index is -0.537. The Morgan fingerprint density at radius 1 is 1.16 bits per heavy atom. The Morgan fingerprint density at radius 3 is 2.48 bits per heavy atom. The molecule has 0 heterocycles. The van der Waals surface area contributed by atoms with Gasteiger partial charge in [-0.3, -0.25) is 14.9 Å². The van der Waals surface area contributed by atoms with Crippen LogP contribution in [0.4, 0.5) is 17.1 Å². The largest absolute Gasteiger partial charge is 0.495 e. The van der Waals surface area contributed by atoms with Crippen molar-refractivity contribution >= 4 is 23.0 Å². The molecule has 0 aromatic heterocycles. The first-order chi connectivity index (χ1) is 11.8. The molecule has 0 saturated carbocycles. The molecule has 25 heavy (non-hydrogen) atoms. The van der Waals surface area contributed by atoms with Crippen molar-refractivity contribution in [2.24, 2.45) is 0 Å². The van der Waals surface area contributed by atoms with Crippen molar-refractivity contribution in [3.8, 4) is 5.75 Å². The highest BCUT2D eigenvalue weighted by atomic mass is 16.6. The Hall–Kier alpha value is -3.09. The number of rotatable bonds is 6. The molecule has 1 atom stereocenters. The molecule has 2 aromatic rings. The van der Waals surface area contributed by atoms with Gasteiger partial charge in [0, 0.05) is 17.8 Å². The number of non-ortho nitro benzene ring substituents is 1. The summed E-state index contributed by atoms with van der Waals surface area (Å²) in [5.41, 5.74) is 3.18. The summed E-state index contributed by atoms with van der Waals surface area (Å²) in [5, 5.41) is 16.7. The molecule has 2 aromatic carbocycles. The molecule has 132 valence electrons. The predicted octanol–water partition coefficient (Wildman–Crippen LogP) is 3.66. The summed E-state index contributed by atoms with van der Waals surface area (Å²) >= 11 is 0. The van der Waals surface area contributed by atoms with E-state index >= 15 is 0 Å². The summed E-state index contributed by atoms with van der Waals surface area (Å²) in [6.07, 6.45) is 0. The first-order valence-electron chi connectivity index (χ1n) is 7.79. The molecule has 0 aliphatic heterocycles. The maximum atomic E-state index is 12.4. The standard InChI is InChI=1S/C18H21N3O4/c1-11-5-7-15(12(2)9-11)19-13(3)18(22)20-16-10-14(21(23)24)6-8-17(16)25-4/h5-10,13,19H,1-4H3,(H,20,22). The van der Waals surface area contributed by atoms with E-state index in [0.717, 1.165) is 16.8 Å². The normalized spacial score (nSPS) is 11.5. The van der Waals surface area contributed by atoms with Crippen molar-refractivity contribution in [2.75, 3.05) is 17.7 Å². The summed E-state index contributed by atoms with van der Waals surface area (Å²) in [7, 11) is 1.44. The number of anilines is 2. The number of aryl methyl sites for hydroxylation is 2. The van der Waals surface area contributed by atoms with Gasteiger partial charge < -0.3 is 15.4 Å². The van der Waals surface area contributed by atoms with Crippen LogP contribution in [0.5, 0.6) is 5.75 Å². The number of amides is 1. The zero-order valence-corrected chi connectivity index (χ0v) is 14.6. The lowest BCUT2D eigenvalue weighted by atomic mass is 10.1. The maximum Gasteiger partial charge on any atom is 0.271 e. The second-order valence-corrected chi connectivity index (χ2v) is 5.82. The number of carbonyl (C=O) groups excluding carboxylic acids is 1. The van der Waals surface area contributed by atoms with Crippen molar-refractivity contribution in [1.82, 2.24) is 0 Å². The van der Waals surface area contributed by atoms with Crippen LogP contribution in [0.3, 0.4) is 0 Å².